The fourth-order valence-corrected chi connectivity index (χ4v) is 10.1. The van der Waals surface area contributed by atoms with Crippen LogP contribution in [0.25, 0.3) is 0 Å². The van der Waals surface area contributed by atoms with Gasteiger partial charge in [-0.25, -0.2) is 4.79 Å². The Morgan fingerprint density at radius 1 is 1.08 bits per heavy atom. The fourth-order valence-electron chi connectivity index (χ4n) is 10.1. The van der Waals surface area contributed by atoms with Crippen LogP contribution in [-0.2, 0) is 18.4 Å². The lowest BCUT2D eigenvalue weighted by Gasteiger charge is -2.66. The molecule has 5 fully saturated rings. The largest absolute Gasteiger partial charge is 0.508 e. The number of urea groups is 1. The summed E-state index contributed by atoms with van der Waals surface area (Å²) in [6.07, 6.45) is 8.73. The molecular weight excluding hydrogens is 446 g/mol. The number of fused-ring (bicyclic) bond motifs is 1. The summed E-state index contributed by atoms with van der Waals surface area (Å²) in [4.78, 5) is 18.6. The van der Waals surface area contributed by atoms with Crippen LogP contribution in [0.15, 0.2) is 48.5 Å². The number of piperidine rings is 1. The molecule has 4 bridgehead atoms. The number of hydrogen-bond donors (Lipinski definition) is 2. The summed E-state index contributed by atoms with van der Waals surface area (Å²) in [7, 11) is 0. The SMILES string of the molecule is O=C(NCc1ccccc1)N1C[C@H]2CC34CCC1C2C31CCN(CC2CC2)C4Cc2ccc(O)cc21. The smallest absolute Gasteiger partial charge is 0.317 e. The van der Waals surface area contributed by atoms with E-state index in [2.05, 4.69) is 39.4 Å². The molecule has 2 saturated heterocycles. The average molecular weight is 484 g/mol. The standard InChI is InChI=1S/C31H37N3O2/c35-24-9-8-22-14-27-30-11-10-26-28(31(30,25(22)15-24)12-13-33(27)18-21-6-7-21)23(16-30)19-34(26)29(36)32-17-20-4-2-1-3-5-20/h1-5,8-9,15,21,23,26-28,35H,6-7,10-14,16-19H2,(H,32,36)/t23-,26?,27?,28?,30?,31?/m1/s1. The Bertz CT molecular complexity index is 1210. The molecule has 0 radical (unpaired) electrons. The van der Waals surface area contributed by atoms with Crippen LogP contribution < -0.4 is 5.32 Å². The minimum Gasteiger partial charge on any atom is -0.508 e. The average Bonchev–Trinajstić information content (AvgIpc) is 3.58. The zero-order chi connectivity index (χ0) is 24.1. The number of aromatic hydroxyl groups is 1. The number of amides is 2. The van der Waals surface area contributed by atoms with Crippen molar-refractivity contribution in [3.63, 3.8) is 0 Å². The summed E-state index contributed by atoms with van der Waals surface area (Å²) in [5.41, 5.74) is 4.45. The molecule has 0 spiro atoms. The number of rotatable bonds is 4. The van der Waals surface area contributed by atoms with E-state index in [-0.39, 0.29) is 11.4 Å². The second-order valence-corrected chi connectivity index (χ2v) is 12.8. The van der Waals surface area contributed by atoms with E-state index in [1.54, 1.807) is 0 Å². The molecule has 2 aromatic rings. The number of phenolic OH excluding ortho intramolecular Hbond substituents is 1. The zero-order valence-electron chi connectivity index (χ0n) is 21.0. The van der Waals surface area contributed by atoms with Crippen LogP contribution >= 0.6 is 0 Å². The maximum atomic E-state index is 13.5. The monoisotopic (exact) mass is 483 g/mol. The molecule has 2 aromatic carbocycles. The van der Waals surface area contributed by atoms with Crippen molar-refractivity contribution in [2.24, 2.45) is 23.2 Å². The predicted octanol–water partition coefficient (Wildman–Crippen LogP) is 4.68. The van der Waals surface area contributed by atoms with Gasteiger partial charge >= 0.3 is 6.03 Å². The van der Waals surface area contributed by atoms with Crippen LogP contribution in [0, 0.1) is 23.2 Å². The van der Waals surface area contributed by atoms with Crippen LogP contribution in [0.2, 0.25) is 0 Å². The molecule has 8 rings (SSSR count). The van der Waals surface area contributed by atoms with Gasteiger partial charge < -0.3 is 15.3 Å². The number of phenols is 1. The number of carbonyl (C=O) groups is 1. The molecule has 5 nitrogen and oxygen atoms in total. The molecule has 4 aliphatic carbocycles. The molecule has 3 saturated carbocycles. The van der Waals surface area contributed by atoms with Gasteiger partial charge in [0.15, 0.2) is 0 Å². The third kappa shape index (κ3) is 2.78. The van der Waals surface area contributed by atoms with E-state index in [4.69, 9.17) is 0 Å². The van der Waals surface area contributed by atoms with Gasteiger partial charge in [-0.3, -0.25) is 4.90 Å². The summed E-state index contributed by atoms with van der Waals surface area (Å²) in [6, 6.07) is 17.5. The van der Waals surface area contributed by atoms with Gasteiger partial charge in [-0.15, -0.1) is 0 Å². The first-order valence-electron chi connectivity index (χ1n) is 14.2. The predicted molar refractivity (Wildman–Crippen MR) is 139 cm³/mol. The third-order valence-electron chi connectivity index (χ3n) is 11.3. The quantitative estimate of drug-likeness (QED) is 0.664. The van der Waals surface area contributed by atoms with E-state index in [1.165, 1.54) is 56.3 Å². The highest BCUT2D eigenvalue weighted by Crippen LogP contribution is 2.75. The molecule has 6 aliphatic rings. The Morgan fingerprint density at radius 3 is 2.78 bits per heavy atom. The lowest BCUT2D eigenvalue weighted by atomic mass is 9.43. The van der Waals surface area contributed by atoms with Crippen molar-refractivity contribution in [1.82, 2.24) is 15.1 Å². The van der Waals surface area contributed by atoms with E-state index >= 15 is 0 Å². The third-order valence-corrected chi connectivity index (χ3v) is 11.3. The summed E-state index contributed by atoms with van der Waals surface area (Å²) < 4.78 is 0. The summed E-state index contributed by atoms with van der Waals surface area (Å²) >= 11 is 0. The topological polar surface area (TPSA) is 55.8 Å². The van der Waals surface area contributed by atoms with Crippen molar-refractivity contribution in [3.8, 4) is 5.75 Å². The van der Waals surface area contributed by atoms with Gasteiger partial charge in [0.2, 0.25) is 0 Å². The van der Waals surface area contributed by atoms with E-state index in [0.717, 1.165) is 30.9 Å². The highest BCUT2D eigenvalue weighted by atomic mass is 16.3. The molecule has 2 amide bonds. The summed E-state index contributed by atoms with van der Waals surface area (Å²) in [6.45, 7) is 3.93. The number of benzene rings is 2. The van der Waals surface area contributed by atoms with Crippen molar-refractivity contribution in [1.29, 1.82) is 0 Å². The van der Waals surface area contributed by atoms with Crippen LogP contribution in [0.1, 0.15) is 55.2 Å². The molecule has 36 heavy (non-hydrogen) atoms. The highest BCUT2D eigenvalue weighted by molar-refractivity contribution is 5.75. The first-order valence-corrected chi connectivity index (χ1v) is 14.2. The number of carbonyl (C=O) groups excluding carboxylic acids is 1. The molecule has 6 atom stereocenters. The second kappa shape index (κ2) is 7.50. The first-order chi connectivity index (χ1) is 17.6. The van der Waals surface area contributed by atoms with Crippen molar-refractivity contribution < 1.29 is 9.90 Å². The number of likely N-dealkylation sites (tertiary alicyclic amines) is 2. The molecule has 2 heterocycles. The van der Waals surface area contributed by atoms with Gasteiger partial charge in [-0.1, -0.05) is 36.4 Å². The maximum absolute atomic E-state index is 13.5. The van der Waals surface area contributed by atoms with Gasteiger partial charge in [0, 0.05) is 37.1 Å². The fraction of sp³-hybridized carbons (Fsp3) is 0.581. The van der Waals surface area contributed by atoms with Gasteiger partial charge in [-0.05, 0) is 103 Å². The molecular formula is C31H37N3O2. The normalized spacial score (nSPS) is 37.9. The molecule has 5 unspecified atom stereocenters. The number of hydrogen-bond acceptors (Lipinski definition) is 3. The highest BCUT2D eigenvalue weighted by Gasteiger charge is 2.76. The molecule has 5 heteroatoms. The van der Waals surface area contributed by atoms with E-state index < -0.39 is 0 Å². The Hall–Kier alpha value is -2.53. The van der Waals surface area contributed by atoms with Crippen LogP contribution in [0.5, 0.6) is 5.75 Å². The van der Waals surface area contributed by atoms with Crippen molar-refractivity contribution >= 4 is 6.03 Å². The number of nitrogens with one attached hydrogen (secondary N) is 1. The summed E-state index contributed by atoms with van der Waals surface area (Å²) in [5.74, 6) is 2.40. The van der Waals surface area contributed by atoms with E-state index in [9.17, 15) is 9.90 Å². The lowest BCUT2D eigenvalue weighted by molar-refractivity contribution is -0.101. The minimum atomic E-state index is 0.103. The molecule has 2 N–H and O–H groups in total. The molecule has 188 valence electrons. The molecule has 0 aromatic heterocycles. The van der Waals surface area contributed by atoms with Crippen molar-refractivity contribution in [3.05, 3.63) is 65.2 Å². The lowest BCUT2D eigenvalue weighted by Crippen LogP contribution is -2.70. The van der Waals surface area contributed by atoms with Gasteiger partial charge in [0.1, 0.15) is 5.75 Å². The Balaban J connectivity index is 1.15. The number of nitrogens with zero attached hydrogens (tertiary/aromatic N) is 2. The van der Waals surface area contributed by atoms with Gasteiger partial charge in [0.05, 0.1) is 0 Å². The maximum Gasteiger partial charge on any atom is 0.317 e. The summed E-state index contributed by atoms with van der Waals surface area (Å²) in [5, 5.41) is 13.9. The first kappa shape index (κ1) is 21.5. The van der Waals surface area contributed by atoms with Crippen molar-refractivity contribution in [2.75, 3.05) is 19.6 Å². The van der Waals surface area contributed by atoms with Gasteiger partial charge in [0.25, 0.3) is 0 Å². The Kier molecular flexibility index (Phi) is 4.49. The Morgan fingerprint density at radius 2 is 1.94 bits per heavy atom. The van der Waals surface area contributed by atoms with Gasteiger partial charge in [-0.2, -0.15) is 0 Å². The second-order valence-electron chi connectivity index (χ2n) is 12.8. The Labute approximate surface area is 213 Å². The van der Waals surface area contributed by atoms with E-state index in [1.807, 2.05) is 24.3 Å². The zero-order valence-corrected chi connectivity index (χ0v) is 21.0. The minimum absolute atomic E-state index is 0.103. The van der Waals surface area contributed by atoms with E-state index in [0.29, 0.717) is 41.6 Å². The van der Waals surface area contributed by atoms with Crippen LogP contribution in [0.4, 0.5) is 4.79 Å². The van der Waals surface area contributed by atoms with Crippen molar-refractivity contribution in [2.45, 2.75) is 69.0 Å². The van der Waals surface area contributed by atoms with Crippen LogP contribution in [0.3, 0.4) is 0 Å². The molecule has 2 aliphatic heterocycles. The van der Waals surface area contributed by atoms with Crippen LogP contribution in [-0.4, -0.2) is 52.7 Å².